The van der Waals surface area contributed by atoms with Crippen LogP contribution in [-0.2, 0) is 22.6 Å². The molecule has 0 spiro atoms. The molecule has 2 aromatic rings. The normalized spacial score (nSPS) is 11.7. The van der Waals surface area contributed by atoms with Crippen molar-refractivity contribution in [3.63, 3.8) is 0 Å². The number of halogens is 1. The highest BCUT2D eigenvalue weighted by Crippen LogP contribution is 2.16. The zero-order valence-corrected chi connectivity index (χ0v) is 16.2. The van der Waals surface area contributed by atoms with Gasteiger partial charge in [-0.25, -0.2) is 4.39 Å². The third kappa shape index (κ3) is 5.64. The maximum Gasteiger partial charge on any atom is 0.242 e. The van der Waals surface area contributed by atoms with E-state index < -0.39 is 11.9 Å². The monoisotopic (exact) mass is 370 g/mol. The Morgan fingerprint density at radius 3 is 2.48 bits per heavy atom. The molecule has 2 amide bonds. The zero-order chi connectivity index (χ0) is 19.8. The lowest BCUT2D eigenvalue weighted by atomic mass is 10.1. The number of aryl methyl sites for hydroxylation is 1. The van der Waals surface area contributed by atoms with E-state index in [0.717, 1.165) is 11.1 Å². The second-order valence-electron chi connectivity index (χ2n) is 6.60. The molecule has 0 aliphatic heterocycles. The standard InChI is InChI=1S/C22H27FN2O2/c1-4-20(22(27)24-5-2)25(15-17-10-8-9-16(3)13-17)21(26)14-18-11-6-7-12-19(18)23/h6-13,20H,4-5,14-15H2,1-3H3,(H,24,27)/t20-/m1/s1. The molecule has 1 atom stereocenters. The molecule has 0 aliphatic rings. The number of likely N-dealkylation sites (N-methyl/N-ethyl adjacent to an activating group) is 1. The number of amides is 2. The fourth-order valence-electron chi connectivity index (χ4n) is 3.12. The van der Waals surface area contributed by atoms with E-state index in [1.807, 2.05) is 45.0 Å². The number of benzene rings is 2. The van der Waals surface area contributed by atoms with Gasteiger partial charge in [-0.3, -0.25) is 9.59 Å². The summed E-state index contributed by atoms with van der Waals surface area (Å²) >= 11 is 0. The van der Waals surface area contributed by atoms with Crippen molar-refractivity contribution in [3.8, 4) is 0 Å². The molecule has 0 aliphatic carbocycles. The maximum atomic E-state index is 14.0. The Hall–Kier alpha value is -2.69. The lowest BCUT2D eigenvalue weighted by Crippen LogP contribution is -2.49. The van der Waals surface area contributed by atoms with Crippen LogP contribution >= 0.6 is 0 Å². The molecule has 1 N–H and O–H groups in total. The van der Waals surface area contributed by atoms with Crippen molar-refractivity contribution >= 4 is 11.8 Å². The van der Waals surface area contributed by atoms with Gasteiger partial charge in [0.25, 0.3) is 0 Å². The molecule has 0 aromatic heterocycles. The minimum absolute atomic E-state index is 0.0750. The van der Waals surface area contributed by atoms with Gasteiger partial charge in [0.15, 0.2) is 0 Å². The summed E-state index contributed by atoms with van der Waals surface area (Å²) < 4.78 is 14.0. The van der Waals surface area contributed by atoms with Gasteiger partial charge >= 0.3 is 0 Å². The van der Waals surface area contributed by atoms with Gasteiger partial charge in [-0.1, -0.05) is 55.0 Å². The first-order valence-corrected chi connectivity index (χ1v) is 9.32. The van der Waals surface area contributed by atoms with Gasteiger partial charge in [-0.05, 0) is 37.5 Å². The van der Waals surface area contributed by atoms with Crippen molar-refractivity contribution < 1.29 is 14.0 Å². The molecule has 0 fully saturated rings. The van der Waals surface area contributed by atoms with Gasteiger partial charge in [0.1, 0.15) is 11.9 Å². The molecular formula is C22H27FN2O2. The van der Waals surface area contributed by atoms with Gasteiger partial charge < -0.3 is 10.2 Å². The number of hydrogen-bond donors (Lipinski definition) is 1. The first-order chi connectivity index (χ1) is 13.0. The number of nitrogens with zero attached hydrogens (tertiary/aromatic N) is 1. The molecule has 0 saturated heterocycles. The second kappa shape index (κ2) is 9.86. The molecule has 144 valence electrons. The van der Waals surface area contributed by atoms with Crippen molar-refractivity contribution in [2.24, 2.45) is 0 Å². The third-order valence-corrected chi connectivity index (χ3v) is 4.47. The molecule has 2 rings (SSSR count). The fourth-order valence-corrected chi connectivity index (χ4v) is 3.12. The van der Waals surface area contributed by atoms with E-state index in [9.17, 15) is 14.0 Å². The minimum atomic E-state index is -0.593. The zero-order valence-electron chi connectivity index (χ0n) is 16.2. The van der Waals surface area contributed by atoms with Crippen molar-refractivity contribution in [1.82, 2.24) is 10.2 Å². The summed E-state index contributed by atoms with van der Waals surface area (Å²) in [7, 11) is 0. The summed E-state index contributed by atoms with van der Waals surface area (Å²) in [5.41, 5.74) is 2.36. The summed E-state index contributed by atoms with van der Waals surface area (Å²) in [5, 5.41) is 2.80. The lowest BCUT2D eigenvalue weighted by Gasteiger charge is -2.30. The number of hydrogen-bond acceptors (Lipinski definition) is 2. The van der Waals surface area contributed by atoms with Gasteiger partial charge in [0.2, 0.25) is 11.8 Å². The van der Waals surface area contributed by atoms with E-state index in [2.05, 4.69) is 5.32 Å². The van der Waals surface area contributed by atoms with E-state index in [1.54, 1.807) is 23.1 Å². The van der Waals surface area contributed by atoms with Crippen molar-refractivity contribution in [2.75, 3.05) is 6.54 Å². The molecule has 0 bridgehead atoms. The topological polar surface area (TPSA) is 49.4 Å². The van der Waals surface area contributed by atoms with Crippen LogP contribution in [0.15, 0.2) is 48.5 Å². The molecule has 27 heavy (non-hydrogen) atoms. The summed E-state index contributed by atoms with van der Waals surface area (Å²) in [6.07, 6.45) is 0.412. The summed E-state index contributed by atoms with van der Waals surface area (Å²) in [6.45, 7) is 6.51. The Balaban J connectivity index is 2.30. The quantitative estimate of drug-likeness (QED) is 0.772. The Morgan fingerprint density at radius 1 is 1.11 bits per heavy atom. The van der Waals surface area contributed by atoms with Crippen LogP contribution in [0.2, 0.25) is 0 Å². The number of carbonyl (C=O) groups is 2. The molecular weight excluding hydrogens is 343 g/mol. The number of carbonyl (C=O) groups excluding carboxylic acids is 2. The van der Waals surface area contributed by atoms with Gasteiger partial charge in [0.05, 0.1) is 6.42 Å². The summed E-state index contributed by atoms with van der Waals surface area (Å²) in [4.78, 5) is 27.1. The first-order valence-electron chi connectivity index (χ1n) is 9.32. The van der Waals surface area contributed by atoms with E-state index in [-0.39, 0.29) is 18.2 Å². The van der Waals surface area contributed by atoms with Crippen LogP contribution in [0.3, 0.4) is 0 Å². The highest BCUT2D eigenvalue weighted by molar-refractivity contribution is 5.88. The Labute approximate surface area is 160 Å². The van der Waals surface area contributed by atoms with Crippen LogP contribution in [0.5, 0.6) is 0 Å². The second-order valence-corrected chi connectivity index (χ2v) is 6.60. The smallest absolute Gasteiger partial charge is 0.242 e. The SMILES string of the molecule is CCNC(=O)[C@@H](CC)N(Cc1cccc(C)c1)C(=O)Cc1ccccc1F. The van der Waals surface area contributed by atoms with E-state index in [0.29, 0.717) is 25.1 Å². The molecule has 0 saturated carbocycles. The Kier molecular flexibility index (Phi) is 7.53. The predicted octanol–water partition coefficient (Wildman–Crippen LogP) is 3.62. The maximum absolute atomic E-state index is 14.0. The lowest BCUT2D eigenvalue weighted by molar-refractivity contribution is -0.140. The fraction of sp³-hybridized carbons (Fsp3) is 0.364. The number of rotatable bonds is 8. The van der Waals surface area contributed by atoms with Crippen molar-refractivity contribution in [1.29, 1.82) is 0 Å². The minimum Gasteiger partial charge on any atom is -0.355 e. The molecule has 0 radical (unpaired) electrons. The summed E-state index contributed by atoms with van der Waals surface area (Å²) in [5.74, 6) is -0.860. The Morgan fingerprint density at radius 2 is 1.85 bits per heavy atom. The average Bonchev–Trinajstić information content (AvgIpc) is 2.63. The van der Waals surface area contributed by atoms with Crippen LogP contribution in [0.25, 0.3) is 0 Å². The van der Waals surface area contributed by atoms with Crippen LogP contribution in [-0.4, -0.2) is 29.3 Å². The van der Waals surface area contributed by atoms with Crippen molar-refractivity contribution in [2.45, 2.75) is 46.2 Å². The van der Waals surface area contributed by atoms with E-state index in [4.69, 9.17) is 0 Å². The molecule has 0 unspecified atom stereocenters. The third-order valence-electron chi connectivity index (χ3n) is 4.47. The average molecular weight is 370 g/mol. The first kappa shape index (κ1) is 20.6. The van der Waals surface area contributed by atoms with E-state index >= 15 is 0 Å². The van der Waals surface area contributed by atoms with Gasteiger partial charge in [-0.2, -0.15) is 0 Å². The Bertz CT molecular complexity index is 791. The predicted molar refractivity (Wildman–Crippen MR) is 105 cm³/mol. The van der Waals surface area contributed by atoms with Crippen LogP contribution < -0.4 is 5.32 Å². The largest absolute Gasteiger partial charge is 0.355 e. The van der Waals surface area contributed by atoms with Crippen LogP contribution in [0, 0.1) is 12.7 Å². The molecule has 4 nitrogen and oxygen atoms in total. The summed E-state index contributed by atoms with van der Waals surface area (Å²) in [6, 6.07) is 13.5. The highest BCUT2D eigenvalue weighted by atomic mass is 19.1. The van der Waals surface area contributed by atoms with Gasteiger partial charge in [-0.15, -0.1) is 0 Å². The van der Waals surface area contributed by atoms with E-state index in [1.165, 1.54) is 6.07 Å². The molecule has 0 heterocycles. The van der Waals surface area contributed by atoms with Gasteiger partial charge in [0, 0.05) is 13.1 Å². The molecule has 5 heteroatoms. The van der Waals surface area contributed by atoms with Crippen LogP contribution in [0.4, 0.5) is 4.39 Å². The highest BCUT2D eigenvalue weighted by Gasteiger charge is 2.28. The molecule has 2 aromatic carbocycles. The van der Waals surface area contributed by atoms with Crippen molar-refractivity contribution in [3.05, 3.63) is 71.0 Å². The number of nitrogens with one attached hydrogen (secondary N) is 1. The van der Waals surface area contributed by atoms with Crippen LogP contribution in [0.1, 0.15) is 37.0 Å².